The van der Waals surface area contributed by atoms with E-state index in [4.69, 9.17) is 4.74 Å². The summed E-state index contributed by atoms with van der Waals surface area (Å²) in [4.78, 5) is 16.4. The molecule has 1 aliphatic rings. The Balaban J connectivity index is 1.34. The summed E-state index contributed by atoms with van der Waals surface area (Å²) in [5.41, 5.74) is 3.46. The van der Waals surface area contributed by atoms with Crippen molar-refractivity contribution in [1.29, 1.82) is 0 Å². The quantitative estimate of drug-likeness (QED) is 0.511. The standard InChI is InChI=1S/C25H31N3O2S/c1-20-21(6-4-8-24(20)26-11-15-27-12-2-3-13-27)19-28-14-9-22(18-25(28)29)30-16-10-23-7-5-17-31-23/h4-9,14,17-18,26H,2-3,10-13,15-16,19H2,1H3. The first-order valence-corrected chi connectivity index (χ1v) is 12.0. The molecule has 4 rings (SSSR count). The molecule has 0 aliphatic carbocycles. The number of likely N-dealkylation sites (tertiary alicyclic amines) is 1. The maximum atomic E-state index is 12.6. The number of thiophene rings is 1. The molecule has 0 radical (unpaired) electrons. The minimum Gasteiger partial charge on any atom is -0.493 e. The zero-order chi connectivity index (χ0) is 21.5. The molecule has 164 valence electrons. The summed E-state index contributed by atoms with van der Waals surface area (Å²) in [5, 5.41) is 5.64. The van der Waals surface area contributed by atoms with Crippen LogP contribution in [-0.2, 0) is 13.0 Å². The van der Waals surface area contributed by atoms with Crippen LogP contribution in [0.1, 0.15) is 28.8 Å². The van der Waals surface area contributed by atoms with Crippen LogP contribution in [0.5, 0.6) is 5.75 Å². The van der Waals surface area contributed by atoms with E-state index in [-0.39, 0.29) is 5.56 Å². The molecule has 1 saturated heterocycles. The molecule has 3 heterocycles. The van der Waals surface area contributed by atoms with Crippen molar-refractivity contribution >= 4 is 17.0 Å². The first-order valence-electron chi connectivity index (χ1n) is 11.1. The molecule has 31 heavy (non-hydrogen) atoms. The van der Waals surface area contributed by atoms with Gasteiger partial charge in [-0.15, -0.1) is 11.3 Å². The first-order chi connectivity index (χ1) is 15.2. The van der Waals surface area contributed by atoms with Crippen molar-refractivity contribution in [3.05, 3.63) is 80.4 Å². The Labute approximate surface area is 188 Å². The van der Waals surface area contributed by atoms with Gasteiger partial charge in [-0.25, -0.2) is 0 Å². The van der Waals surface area contributed by atoms with Crippen molar-refractivity contribution in [2.45, 2.75) is 32.7 Å². The third kappa shape index (κ3) is 5.99. The molecule has 1 aromatic carbocycles. The number of hydrogen-bond acceptors (Lipinski definition) is 5. The fourth-order valence-electron chi connectivity index (χ4n) is 4.02. The van der Waals surface area contributed by atoms with Crippen LogP contribution in [0.3, 0.4) is 0 Å². The van der Waals surface area contributed by atoms with Crippen LogP contribution in [0.4, 0.5) is 5.69 Å². The Morgan fingerprint density at radius 3 is 2.77 bits per heavy atom. The fourth-order valence-corrected chi connectivity index (χ4v) is 4.71. The number of nitrogens with one attached hydrogen (secondary N) is 1. The Morgan fingerprint density at radius 2 is 2.00 bits per heavy atom. The highest BCUT2D eigenvalue weighted by Gasteiger charge is 2.11. The number of rotatable bonds is 10. The largest absolute Gasteiger partial charge is 0.493 e. The van der Waals surface area contributed by atoms with E-state index in [1.54, 1.807) is 22.0 Å². The van der Waals surface area contributed by atoms with Gasteiger partial charge >= 0.3 is 0 Å². The second-order valence-corrected chi connectivity index (χ2v) is 9.10. The number of aromatic nitrogens is 1. The molecule has 1 aliphatic heterocycles. The summed E-state index contributed by atoms with van der Waals surface area (Å²) in [6.45, 7) is 7.73. The average Bonchev–Trinajstić information content (AvgIpc) is 3.47. The second kappa shape index (κ2) is 10.6. The monoisotopic (exact) mass is 437 g/mol. The van der Waals surface area contributed by atoms with Gasteiger partial charge in [0.15, 0.2) is 0 Å². The first kappa shape index (κ1) is 21.7. The average molecular weight is 438 g/mol. The molecule has 0 atom stereocenters. The lowest BCUT2D eigenvalue weighted by molar-refractivity contribution is 0.321. The molecular weight excluding hydrogens is 406 g/mol. The molecule has 1 N–H and O–H groups in total. The highest BCUT2D eigenvalue weighted by Crippen LogP contribution is 2.20. The lowest BCUT2D eigenvalue weighted by Crippen LogP contribution is -2.26. The lowest BCUT2D eigenvalue weighted by Gasteiger charge is -2.18. The smallest absolute Gasteiger partial charge is 0.254 e. The number of pyridine rings is 1. The van der Waals surface area contributed by atoms with Gasteiger partial charge in [-0.05, 0) is 67.6 Å². The van der Waals surface area contributed by atoms with E-state index in [0.717, 1.165) is 30.8 Å². The van der Waals surface area contributed by atoms with Gasteiger partial charge in [-0.1, -0.05) is 18.2 Å². The Kier molecular flexibility index (Phi) is 7.43. The molecule has 0 spiro atoms. The molecule has 5 nitrogen and oxygen atoms in total. The van der Waals surface area contributed by atoms with Crippen molar-refractivity contribution in [1.82, 2.24) is 9.47 Å². The lowest BCUT2D eigenvalue weighted by atomic mass is 10.1. The third-order valence-corrected chi connectivity index (χ3v) is 6.83. The van der Waals surface area contributed by atoms with Crippen LogP contribution in [0.25, 0.3) is 0 Å². The topological polar surface area (TPSA) is 46.5 Å². The molecule has 0 saturated carbocycles. The molecule has 0 bridgehead atoms. The van der Waals surface area contributed by atoms with Gasteiger partial charge in [-0.2, -0.15) is 0 Å². The minimum atomic E-state index is -0.0413. The zero-order valence-corrected chi connectivity index (χ0v) is 19.0. The van der Waals surface area contributed by atoms with Crippen molar-refractivity contribution in [3.8, 4) is 5.75 Å². The summed E-state index contributed by atoms with van der Waals surface area (Å²) in [6, 6.07) is 13.9. The highest BCUT2D eigenvalue weighted by atomic mass is 32.1. The van der Waals surface area contributed by atoms with Crippen LogP contribution in [-0.4, -0.2) is 42.3 Å². The minimum absolute atomic E-state index is 0.0413. The van der Waals surface area contributed by atoms with Crippen molar-refractivity contribution in [3.63, 3.8) is 0 Å². The normalized spacial score (nSPS) is 14.1. The van der Waals surface area contributed by atoms with E-state index in [9.17, 15) is 4.79 Å². The summed E-state index contributed by atoms with van der Waals surface area (Å²) in [6.07, 6.45) is 5.33. The fraction of sp³-hybridized carbons (Fsp3) is 0.400. The van der Waals surface area contributed by atoms with Crippen LogP contribution in [0.2, 0.25) is 0 Å². The maximum absolute atomic E-state index is 12.6. The van der Waals surface area contributed by atoms with E-state index < -0.39 is 0 Å². The Bertz CT molecular complexity index is 1020. The molecule has 0 amide bonds. The van der Waals surface area contributed by atoms with Crippen LogP contribution in [0.15, 0.2) is 58.8 Å². The molecular formula is C25H31N3O2S. The van der Waals surface area contributed by atoms with Gasteiger partial charge in [0.25, 0.3) is 5.56 Å². The highest BCUT2D eigenvalue weighted by molar-refractivity contribution is 7.09. The van der Waals surface area contributed by atoms with Crippen molar-refractivity contribution in [2.24, 2.45) is 0 Å². The number of nitrogens with zero attached hydrogens (tertiary/aromatic N) is 2. The van der Waals surface area contributed by atoms with Gasteiger partial charge in [0.2, 0.25) is 0 Å². The van der Waals surface area contributed by atoms with Gasteiger partial charge in [0.1, 0.15) is 5.75 Å². The Morgan fingerprint density at radius 1 is 1.13 bits per heavy atom. The van der Waals surface area contributed by atoms with E-state index in [2.05, 4.69) is 46.8 Å². The summed E-state index contributed by atoms with van der Waals surface area (Å²) < 4.78 is 7.51. The molecule has 2 aromatic heterocycles. The van der Waals surface area contributed by atoms with E-state index >= 15 is 0 Å². The summed E-state index contributed by atoms with van der Waals surface area (Å²) in [7, 11) is 0. The summed E-state index contributed by atoms with van der Waals surface area (Å²) >= 11 is 1.73. The Hall–Kier alpha value is -2.57. The zero-order valence-electron chi connectivity index (χ0n) is 18.2. The van der Waals surface area contributed by atoms with Gasteiger partial charge in [0.05, 0.1) is 13.2 Å². The molecule has 3 aromatic rings. The van der Waals surface area contributed by atoms with E-state index in [0.29, 0.717) is 18.9 Å². The summed E-state index contributed by atoms with van der Waals surface area (Å²) in [5.74, 6) is 0.631. The van der Waals surface area contributed by atoms with E-state index in [1.807, 2.05) is 18.3 Å². The van der Waals surface area contributed by atoms with Crippen LogP contribution >= 0.6 is 11.3 Å². The SMILES string of the molecule is Cc1c(Cn2ccc(OCCc3cccs3)cc2=O)cccc1NCCN1CCCC1. The van der Waals surface area contributed by atoms with Crippen LogP contribution < -0.4 is 15.6 Å². The number of hydrogen-bond donors (Lipinski definition) is 1. The second-order valence-electron chi connectivity index (χ2n) is 8.07. The van der Waals surface area contributed by atoms with Crippen molar-refractivity contribution in [2.75, 3.05) is 38.1 Å². The maximum Gasteiger partial charge on any atom is 0.254 e. The van der Waals surface area contributed by atoms with Gasteiger partial charge < -0.3 is 19.5 Å². The van der Waals surface area contributed by atoms with Gasteiger partial charge in [-0.3, -0.25) is 4.79 Å². The molecule has 6 heteroatoms. The number of ether oxygens (including phenoxy) is 1. The van der Waals surface area contributed by atoms with Gasteiger partial charge in [0, 0.05) is 42.3 Å². The number of benzene rings is 1. The van der Waals surface area contributed by atoms with Crippen LogP contribution in [0, 0.1) is 6.92 Å². The predicted molar refractivity (Wildman–Crippen MR) is 129 cm³/mol. The predicted octanol–water partition coefficient (Wildman–Crippen LogP) is 4.40. The van der Waals surface area contributed by atoms with E-state index in [1.165, 1.54) is 36.4 Å². The number of anilines is 1. The molecule has 0 unspecified atom stereocenters. The third-order valence-electron chi connectivity index (χ3n) is 5.89. The molecule has 1 fully saturated rings. The van der Waals surface area contributed by atoms with Crippen molar-refractivity contribution < 1.29 is 4.74 Å².